The largest absolute Gasteiger partial charge is 0.313 e. The summed E-state index contributed by atoms with van der Waals surface area (Å²) in [5.74, 6) is 2.77. The highest BCUT2D eigenvalue weighted by atomic mass is 15.2. The molecule has 0 aromatic heterocycles. The minimum Gasteiger partial charge on any atom is -0.313 e. The second kappa shape index (κ2) is 5.50. The molecule has 3 atom stereocenters. The Morgan fingerprint density at radius 1 is 1.19 bits per heavy atom. The fourth-order valence-corrected chi connectivity index (χ4v) is 3.36. The normalized spacial score (nSPS) is 33.9. The average Bonchev–Trinajstić information content (AvgIpc) is 2.98. The molecule has 2 heteroatoms. The van der Waals surface area contributed by atoms with Crippen molar-refractivity contribution in [2.24, 2.45) is 17.8 Å². The highest BCUT2D eigenvalue weighted by molar-refractivity contribution is 4.89. The maximum absolute atomic E-state index is 3.68. The minimum atomic E-state index is 0.766. The summed E-state index contributed by atoms with van der Waals surface area (Å²) in [6.07, 6.45) is 4.33. The fourth-order valence-electron chi connectivity index (χ4n) is 3.36. The standard InChI is InChI=1S/C14H28N2/c1-4-15-14(13-5-6-13)10-16-8-11(2)7-12(3)9-16/h11-15H,4-10H2,1-3H3. The topological polar surface area (TPSA) is 15.3 Å². The Bertz CT molecular complexity index is 203. The zero-order chi connectivity index (χ0) is 11.5. The van der Waals surface area contributed by atoms with Gasteiger partial charge in [-0.05, 0) is 43.6 Å². The predicted molar refractivity (Wildman–Crippen MR) is 69.6 cm³/mol. The molecule has 0 spiro atoms. The third-order valence-electron chi connectivity index (χ3n) is 4.06. The highest BCUT2D eigenvalue weighted by Crippen LogP contribution is 2.33. The van der Waals surface area contributed by atoms with Crippen LogP contribution in [-0.2, 0) is 0 Å². The van der Waals surface area contributed by atoms with Crippen molar-refractivity contribution in [2.75, 3.05) is 26.2 Å². The van der Waals surface area contributed by atoms with Gasteiger partial charge < -0.3 is 10.2 Å². The molecule has 2 rings (SSSR count). The van der Waals surface area contributed by atoms with Crippen LogP contribution in [0.5, 0.6) is 0 Å². The van der Waals surface area contributed by atoms with E-state index in [2.05, 4.69) is 31.0 Å². The Balaban J connectivity index is 1.81. The van der Waals surface area contributed by atoms with E-state index in [1.807, 2.05) is 0 Å². The number of likely N-dealkylation sites (N-methyl/N-ethyl adjacent to an activating group) is 1. The molecule has 0 bridgehead atoms. The first-order chi connectivity index (χ1) is 7.69. The van der Waals surface area contributed by atoms with Crippen LogP contribution in [0, 0.1) is 17.8 Å². The van der Waals surface area contributed by atoms with Gasteiger partial charge in [0.15, 0.2) is 0 Å². The highest BCUT2D eigenvalue weighted by Gasteiger charge is 2.33. The number of likely N-dealkylation sites (tertiary alicyclic amines) is 1. The molecular formula is C14H28N2. The molecule has 16 heavy (non-hydrogen) atoms. The number of hydrogen-bond donors (Lipinski definition) is 1. The lowest BCUT2D eigenvalue weighted by Gasteiger charge is -2.37. The Hall–Kier alpha value is -0.0800. The van der Waals surface area contributed by atoms with Crippen molar-refractivity contribution in [3.63, 3.8) is 0 Å². The maximum Gasteiger partial charge on any atom is 0.0223 e. The molecule has 1 aliphatic heterocycles. The van der Waals surface area contributed by atoms with Crippen molar-refractivity contribution in [3.05, 3.63) is 0 Å². The smallest absolute Gasteiger partial charge is 0.0223 e. The molecule has 1 aliphatic carbocycles. The summed E-state index contributed by atoms with van der Waals surface area (Å²) in [4.78, 5) is 2.70. The van der Waals surface area contributed by atoms with Crippen LogP contribution in [0.1, 0.15) is 40.0 Å². The van der Waals surface area contributed by atoms with E-state index in [0.717, 1.165) is 30.3 Å². The van der Waals surface area contributed by atoms with Crippen LogP contribution < -0.4 is 5.32 Å². The maximum atomic E-state index is 3.68. The molecule has 0 amide bonds. The molecule has 2 aliphatic rings. The first kappa shape index (κ1) is 12.4. The van der Waals surface area contributed by atoms with E-state index < -0.39 is 0 Å². The van der Waals surface area contributed by atoms with Gasteiger partial charge in [-0.1, -0.05) is 20.8 Å². The summed E-state index contributed by atoms with van der Waals surface area (Å²) >= 11 is 0. The Kier molecular flexibility index (Phi) is 4.26. The van der Waals surface area contributed by atoms with E-state index in [4.69, 9.17) is 0 Å². The van der Waals surface area contributed by atoms with E-state index in [1.165, 1.54) is 38.9 Å². The number of hydrogen-bond acceptors (Lipinski definition) is 2. The van der Waals surface area contributed by atoms with Crippen molar-refractivity contribution in [1.82, 2.24) is 10.2 Å². The van der Waals surface area contributed by atoms with Gasteiger partial charge in [-0.3, -0.25) is 0 Å². The predicted octanol–water partition coefficient (Wildman–Crippen LogP) is 2.35. The molecule has 1 N–H and O–H groups in total. The molecule has 0 aromatic rings. The molecule has 1 heterocycles. The second-order valence-corrected chi connectivity index (χ2v) is 6.17. The lowest BCUT2D eigenvalue weighted by Crippen LogP contribution is -2.47. The van der Waals surface area contributed by atoms with Crippen LogP contribution in [0.2, 0.25) is 0 Å². The van der Waals surface area contributed by atoms with Gasteiger partial charge in [0, 0.05) is 25.7 Å². The van der Waals surface area contributed by atoms with E-state index in [-0.39, 0.29) is 0 Å². The van der Waals surface area contributed by atoms with Gasteiger partial charge in [0.2, 0.25) is 0 Å². The van der Waals surface area contributed by atoms with Crippen molar-refractivity contribution in [1.29, 1.82) is 0 Å². The van der Waals surface area contributed by atoms with Crippen LogP contribution in [0.25, 0.3) is 0 Å². The molecule has 1 saturated carbocycles. The van der Waals surface area contributed by atoms with Gasteiger partial charge in [0.1, 0.15) is 0 Å². The van der Waals surface area contributed by atoms with Gasteiger partial charge in [0.25, 0.3) is 0 Å². The number of rotatable bonds is 5. The lowest BCUT2D eigenvalue weighted by molar-refractivity contribution is 0.125. The van der Waals surface area contributed by atoms with Crippen LogP contribution in [-0.4, -0.2) is 37.1 Å². The third-order valence-corrected chi connectivity index (χ3v) is 4.06. The zero-order valence-corrected chi connectivity index (χ0v) is 11.2. The Morgan fingerprint density at radius 3 is 2.31 bits per heavy atom. The van der Waals surface area contributed by atoms with E-state index in [1.54, 1.807) is 0 Å². The SMILES string of the molecule is CCNC(CN1CC(C)CC(C)C1)C1CC1. The minimum absolute atomic E-state index is 0.766. The second-order valence-electron chi connectivity index (χ2n) is 6.17. The van der Waals surface area contributed by atoms with Crippen molar-refractivity contribution in [3.8, 4) is 0 Å². The van der Waals surface area contributed by atoms with Crippen LogP contribution in [0.4, 0.5) is 0 Å². The van der Waals surface area contributed by atoms with E-state index in [9.17, 15) is 0 Å². The van der Waals surface area contributed by atoms with Crippen LogP contribution >= 0.6 is 0 Å². The summed E-state index contributed by atoms with van der Waals surface area (Å²) in [7, 11) is 0. The molecular weight excluding hydrogens is 196 g/mol. The quantitative estimate of drug-likeness (QED) is 0.771. The van der Waals surface area contributed by atoms with Gasteiger partial charge in [-0.15, -0.1) is 0 Å². The number of nitrogens with zero attached hydrogens (tertiary/aromatic N) is 1. The molecule has 94 valence electrons. The summed E-state index contributed by atoms with van der Waals surface area (Å²) in [6, 6.07) is 0.766. The Morgan fingerprint density at radius 2 is 1.81 bits per heavy atom. The van der Waals surface area contributed by atoms with Gasteiger partial charge in [0.05, 0.1) is 0 Å². The molecule has 0 radical (unpaired) electrons. The van der Waals surface area contributed by atoms with E-state index >= 15 is 0 Å². The summed E-state index contributed by atoms with van der Waals surface area (Å²) in [5.41, 5.74) is 0. The molecule has 2 fully saturated rings. The molecule has 3 unspecified atom stereocenters. The van der Waals surface area contributed by atoms with Crippen LogP contribution in [0.15, 0.2) is 0 Å². The molecule has 2 nitrogen and oxygen atoms in total. The summed E-state index contributed by atoms with van der Waals surface area (Å²) < 4.78 is 0. The van der Waals surface area contributed by atoms with Crippen molar-refractivity contribution in [2.45, 2.75) is 46.1 Å². The number of piperidine rings is 1. The fraction of sp³-hybridized carbons (Fsp3) is 1.00. The third kappa shape index (κ3) is 3.46. The zero-order valence-electron chi connectivity index (χ0n) is 11.2. The Labute approximate surface area is 101 Å². The monoisotopic (exact) mass is 224 g/mol. The van der Waals surface area contributed by atoms with Crippen molar-refractivity contribution >= 4 is 0 Å². The van der Waals surface area contributed by atoms with E-state index in [0.29, 0.717) is 0 Å². The molecule has 1 saturated heterocycles. The summed E-state index contributed by atoms with van der Waals surface area (Å²) in [6.45, 7) is 12.1. The van der Waals surface area contributed by atoms with Crippen molar-refractivity contribution < 1.29 is 0 Å². The lowest BCUT2D eigenvalue weighted by atomic mass is 9.91. The first-order valence-corrected chi connectivity index (χ1v) is 7.14. The van der Waals surface area contributed by atoms with Gasteiger partial charge in [-0.25, -0.2) is 0 Å². The average molecular weight is 224 g/mol. The van der Waals surface area contributed by atoms with Crippen LogP contribution in [0.3, 0.4) is 0 Å². The van der Waals surface area contributed by atoms with Gasteiger partial charge in [-0.2, -0.15) is 0 Å². The number of nitrogens with one attached hydrogen (secondary N) is 1. The van der Waals surface area contributed by atoms with Gasteiger partial charge >= 0.3 is 0 Å². The summed E-state index contributed by atoms with van der Waals surface area (Å²) in [5, 5.41) is 3.68. The first-order valence-electron chi connectivity index (χ1n) is 7.14. The molecule has 0 aromatic carbocycles.